The fourth-order valence-corrected chi connectivity index (χ4v) is 3.16. The largest absolute Gasteiger partial charge is 0.309 e. The predicted octanol–water partition coefficient (Wildman–Crippen LogP) is 3.90. The Balaban J connectivity index is 1.93. The summed E-state index contributed by atoms with van der Waals surface area (Å²) in [7, 11) is -3.12. The molecule has 0 unspecified atom stereocenters. The molecule has 0 aliphatic heterocycles. The van der Waals surface area contributed by atoms with E-state index in [0.29, 0.717) is 11.4 Å². The van der Waals surface area contributed by atoms with Gasteiger partial charge in [0, 0.05) is 28.3 Å². The molecular formula is C15H15Br2NO2S. The fraction of sp³-hybridized carbons (Fsp3) is 0.200. The molecule has 0 heterocycles. The third-order valence-corrected chi connectivity index (χ3v) is 6.00. The highest BCUT2D eigenvalue weighted by Crippen LogP contribution is 2.23. The molecule has 0 saturated heterocycles. The molecule has 2 aromatic carbocycles. The number of halogens is 2. The molecule has 21 heavy (non-hydrogen) atoms. The van der Waals surface area contributed by atoms with E-state index < -0.39 is 9.84 Å². The highest BCUT2D eigenvalue weighted by atomic mass is 79.9. The maximum atomic E-state index is 11.4. The van der Waals surface area contributed by atoms with Crippen LogP contribution in [0.1, 0.15) is 11.1 Å². The van der Waals surface area contributed by atoms with Gasteiger partial charge in [-0.25, -0.2) is 8.42 Å². The number of benzene rings is 2. The van der Waals surface area contributed by atoms with Crippen molar-refractivity contribution in [2.75, 3.05) is 6.26 Å². The maximum Gasteiger partial charge on any atom is 0.175 e. The zero-order valence-corrected chi connectivity index (χ0v) is 15.4. The predicted molar refractivity (Wildman–Crippen MR) is 91.9 cm³/mol. The van der Waals surface area contributed by atoms with E-state index in [2.05, 4.69) is 49.3 Å². The van der Waals surface area contributed by atoms with Crippen LogP contribution >= 0.6 is 31.9 Å². The van der Waals surface area contributed by atoms with Crippen molar-refractivity contribution in [2.24, 2.45) is 0 Å². The van der Waals surface area contributed by atoms with E-state index in [1.54, 1.807) is 12.1 Å². The van der Waals surface area contributed by atoms with Crippen molar-refractivity contribution >= 4 is 41.7 Å². The number of nitrogens with one attached hydrogen (secondary N) is 1. The van der Waals surface area contributed by atoms with E-state index in [0.717, 1.165) is 21.1 Å². The van der Waals surface area contributed by atoms with Crippen molar-refractivity contribution in [3.63, 3.8) is 0 Å². The molecule has 0 amide bonds. The minimum absolute atomic E-state index is 0.350. The molecule has 6 heteroatoms. The molecule has 112 valence electrons. The smallest absolute Gasteiger partial charge is 0.175 e. The molecular weight excluding hydrogens is 418 g/mol. The second kappa shape index (κ2) is 7.05. The molecule has 0 aromatic heterocycles. The number of rotatable bonds is 5. The first kappa shape index (κ1) is 16.7. The normalized spacial score (nSPS) is 11.6. The van der Waals surface area contributed by atoms with Gasteiger partial charge in [0.1, 0.15) is 0 Å². The molecule has 1 N–H and O–H groups in total. The Hall–Kier alpha value is -0.690. The number of hydrogen-bond acceptors (Lipinski definition) is 3. The third-order valence-electron chi connectivity index (χ3n) is 2.99. The molecule has 0 aliphatic rings. The standard InChI is InChI=1S/C15H15Br2NO2S/c1-21(19,20)13-5-2-11(3-6-13)9-18-10-12-4-7-14(16)15(17)8-12/h2-8,18H,9-10H2,1H3. The molecule has 0 aliphatic carbocycles. The van der Waals surface area contributed by atoms with E-state index in [4.69, 9.17) is 0 Å². The van der Waals surface area contributed by atoms with E-state index in [1.807, 2.05) is 18.2 Å². The second-order valence-electron chi connectivity index (χ2n) is 4.77. The summed E-state index contributed by atoms with van der Waals surface area (Å²) in [5, 5.41) is 3.34. The summed E-state index contributed by atoms with van der Waals surface area (Å²) in [6, 6.07) is 13.1. The van der Waals surface area contributed by atoms with Gasteiger partial charge in [-0.2, -0.15) is 0 Å². The van der Waals surface area contributed by atoms with Crippen LogP contribution in [0.2, 0.25) is 0 Å². The van der Waals surface area contributed by atoms with Gasteiger partial charge in [0.2, 0.25) is 0 Å². The van der Waals surface area contributed by atoms with Crippen LogP contribution in [0.15, 0.2) is 56.3 Å². The first-order valence-electron chi connectivity index (χ1n) is 6.30. The van der Waals surface area contributed by atoms with Gasteiger partial charge in [-0.15, -0.1) is 0 Å². The van der Waals surface area contributed by atoms with E-state index >= 15 is 0 Å². The summed E-state index contributed by atoms with van der Waals surface area (Å²) in [6.45, 7) is 1.44. The van der Waals surface area contributed by atoms with Crippen LogP contribution in [0.4, 0.5) is 0 Å². The van der Waals surface area contributed by atoms with E-state index in [1.165, 1.54) is 11.8 Å². The van der Waals surface area contributed by atoms with Crippen molar-refractivity contribution in [3.05, 3.63) is 62.5 Å². The molecule has 2 rings (SSSR count). The van der Waals surface area contributed by atoms with Gasteiger partial charge in [0.15, 0.2) is 9.84 Å². The molecule has 0 spiro atoms. The molecule has 0 fully saturated rings. The lowest BCUT2D eigenvalue weighted by molar-refractivity contribution is 0.602. The van der Waals surface area contributed by atoms with Crippen LogP contribution in [-0.4, -0.2) is 14.7 Å². The lowest BCUT2D eigenvalue weighted by Gasteiger charge is -2.07. The second-order valence-corrected chi connectivity index (χ2v) is 8.49. The van der Waals surface area contributed by atoms with Gasteiger partial charge in [-0.05, 0) is 67.3 Å². The Labute approximate surface area is 141 Å². The van der Waals surface area contributed by atoms with Crippen molar-refractivity contribution in [1.82, 2.24) is 5.32 Å². The summed E-state index contributed by atoms with van der Waals surface area (Å²) in [4.78, 5) is 0.350. The minimum atomic E-state index is -3.12. The average molecular weight is 433 g/mol. The lowest BCUT2D eigenvalue weighted by Crippen LogP contribution is -2.12. The first-order valence-corrected chi connectivity index (χ1v) is 9.77. The molecule has 3 nitrogen and oxygen atoms in total. The monoisotopic (exact) mass is 431 g/mol. The minimum Gasteiger partial charge on any atom is -0.309 e. The van der Waals surface area contributed by atoms with Gasteiger partial charge in [0.25, 0.3) is 0 Å². The summed E-state index contributed by atoms with van der Waals surface area (Å²) >= 11 is 6.92. The van der Waals surface area contributed by atoms with Crippen molar-refractivity contribution < 1.29 is 8.42 Å². The van der Waals surface area contributed by atoms with E-state index in [-0.39, 0.29) is 0 Å². The molecule has 2 aromatic rings. The molecule has 0 saturated carbocycles. The van der Waals surface area contributed by atoms with Crippen LogP contribution in [0.3, 0.4) is 0 Å². The Morgan fingerprint density at radius 1 is 0.905 bits per heavy atom. The Morgan fingerprint density at radius 3 is 2.05 bits per heavy atom. The summed E-state index contributed by atoms with van der Waals surface area (Å²) < 4.78 is 24.8. The average Bonchev–Trinajstić information content (AvgIpc) is 2.42. The van der Waals surface area contributed by atoms with Crippen LogP contribution < -0.4 is 5.32 Å². The lowest BCUT2D eigenvalue weighted by atomic mass is 10.2. The maximum absolute atomic E-state index is 11.4. The molecule has 0 bridgehead atoms. The van der Waals surface area contributed by atoms with Crippen LogP contribution in [-0.2, 0) is 22.9 Å². The molecule has 0 atom stereocenters. The SMILES string of the molecule is CS(=O)(=O)c1ccc(CNCc2ccc(Br)c(Br)c2)cc1. The van der Waals surface area contributed by atoms with Crippen LogP contribution in [0.5, 0.6) is 0 Å². The third kappa shape index (κ3) is 4.92. The topological polar surface area (TPSA) is 46.2 Å². The van der Waals surface area contributed by atoms with Gasteiger partial charge < -0.3 is 5.32 Å². The van der Waals surface area contributed by atoms with Gasteiger partial charge in [-0.3, -0.25) is 0 Å². The number of hydrogen-bond donors (Lipinski definition) is 1. The summed E-state index contributed by atoms with van der Waals surface area (Å²) in [6.07, 6.45) is 1.21. The zero-order valence-electron chi connectivity index (χ0n) is 11.4. The Morgan fingerprint density at radius 2 is 1.48 bits per heavy atom. The number of sulfone groups is 1. The van der Waals surface area contributed by atoms with Crippen molar-refractivity contribution in [1.29, 1.82) is 0 Å². The fourth-order valence-electron chi connectivity index (χ4n) is 1.86. The first-order chi connectivity index (χ1) is 9.86. The highest BCUT2D eigenvalue weighted by molar-refractivity contribution is 9.13. The summed E-state index contributed by atoms with van der Waals surface area (Å²) in [5.41, 5.74) is 2.23. The van der Waals surface area contributed by atoms with Gasteiger partial charge in [-0.1, -0.05) is 18.2 Å². The van der Waals surface area contributed by atoms with Gasteiger partial charge in [0.05, 0.1) is 4.90 Å². The van der Waals surface area contributed by atoms with Gasteiger partial charge >= 0.3 is 0 Å². The summed E-state index contributed by atoms with van der Waals surface area (Å²) in [5.74, 6) is 0. The van der Waals surface area contributed by atoms with Crippen molar-refractivity contribution in [3.8, 4) is 0 Å². The Bertz CT molecular complexity index is 728. The van der Waals surface area contributed by atoms with Crippen molar-refractivity contribution in [2.45, 2.75) is 18.0 Å². The van der Waals surface area contributed by atoms with Crippen LogP contribution in [0, 0.1) is 0 Å². The zero-order chi connectivity index (χ0) is 15.5. The van der Waals surface area contributed by atoms with Crippen LogP contribution in [0.25, 0.3) is 0 Å². The molecule has 0 radical (unpaired) electrons. The highest BCUT2D eigenvalue weighted by Gasteiger charge is 2.06. The Kier molecular flexibility index (Phi) is 5.60. The quantitative estimate of drug-likeness (QED) is 0.779. The van der Waals surface area contributed by atoms with E-state index in [9.17, 15) is 8.42 Å².